The number of amides is 2. The van der Waals surface area contributed by atoms with Crippen LogP contribution in [0.4, 0.5) is 18.9 Å². The van der Waals surface area contributed by atoms with Crippen LogP contribution >= 0.6 is 0 Å². The lowest BCUT2D eigenvalue weighted by molar-refractivity contribution is -0.137. The van der Waals surface area contributed by atoms with Gasteiger partial charge in [-0.1, -0.05) is 55.5 Å². The number of carbonyl (C=O) groups is 2. The molecule has 3 N–H and O–H groups in total. The predicted octanol–water partition coefficient (Wildman–Crippen LogP) is 6.77. The van der Waals surface area contributed by atoms with Gasteiger partial charge in [0.25, 0.3) is 11.8 Å². The molecule has 0 bridgehead atoms. The quantitative estimate of drug-likeness (QED) is 0.178. The Bertz CT molecular complexity index is 1700. The van der Waals surface area contributed by atoms with Crippen LogP contribution in [0.25, 0.3) is 0 Å². The van der Waals surface area contributed by atoms with E-state index in [9.17, 15) is 33.0 Å². The van der Waals surface area contributed by atoms with Crippen molar-refractivity contribution in [2.75, 3.05) is 39.2 Å². The number of aliphatic hydroxyl groups is 2. The van der Waals surface area contributed by atoms with Crippen molar-refractivity contribution in [1.29, 1.82) is 0 Å². The number of aliphatic hydroxyl groups excluding tert-OH is 2. The van der Waals surface area contributed by atoms with Gasteiger partial charge in [-0.25, -0.2) is 0 Å². The Labute approximate surface area is 289 Å². The van der Waals surface area contributed by atoms with Crippen molar-refractivity contribution in [3.05, 3.63) is 119 Å². The number of para-hydroxylation sites is 2. The van der Waals surface area contributed by atoms with Gasteiger partial charge in [-0.2, -0.15) is 13.2 Å². The topological polar surface area (TPSA) is 112 Å². The second-order valence-electron chi connectivity index (χ2n) is 12.4. The summed E-state index contributed by atoms with van der Waals surface area (Å²) in [6.45, 7) is 4.95. The molecule has 1 unspecified atom stereocenters. The Morgan fingerprint density at radius 3 is 2.22 bits per heavy atom. The number of rotatable bonds is 9. The summed E-state index contributed by atoms with van der Waals surface area (Å²) in [6, 6.07) is 25.8. The summed E-state index contributed by atoms with van der Waals surface area (Å²) >= 11 is 0. The summed E-state index contributed by atoms with van der Waals surface area (Å²) in [5.74, 6) is 0.536. The van der Waals surface area contributed by atoms with Crippen LogP contribution in [-0.2, 0) is 17.5 Å². The summed E-state index contributed by atoms with van der Waals surface area (Å²) in [4.78, 5) is 29.4. The molecule has 9 nitrogen and oxygen atoms in total. The van der Waals surface area contributed by atoms with E-state index < -0.39 is 29.8 Å². The number of benzene rings is 4. The van der Waals surface area contributed by atoms with Crippen molar-refractivity contribution in [3.63, 3.8) is 0 Å². The lowest BCUT2D eigenvalue weighted by Gasteiger charge is -2.33. The van der Waals surface area contributed by atoms with Crippen LogP contribution in [0.15, 0.2) is 97.1 Å². The number of hydrogen-bond donors (Lipinski definition) is 3. The number of anilines is 1. The highest BCUT2D eigenvalue weighted by atomic mass is 19.4. The third kappa shape index (κ3) is 10.3. The van der Waals surface area contributed by atoms with E-state index >= 15 is 0 Å². The van der Waals surface area contributed by atoms with Crippen LogP contribution in [-0.4, -0.2) is 71.7 Å². The van der Waals surface area contributed by atoms with Crippen LogP contribution in [0.3, 0.4) is 0 Å². The standard InChI is InChI=1S/C23H25F3N2O5.C15H17NO/c1-13-10-28(14(2)11-29)22(32)17-4-3-5-18(20(17)33-12-13)27-21(31)19(30)15-6-8-16(9-7-15)23(24,25)26;1-16(2)12-13-8-10-15(11-9-13)17-14-6-4-3-5-7-14/h3-9,13-14,19,29-30H,10-12H2,1-2H3,(H,27,31);3-11H,12H2,1-2H3/t13-,14+,19?;/m1./s1. The zero-order chi connectivity index (χ0) is 36.4. The normalized spacial score (nSPS) is 15.8. The van der Waals surface area contributed by atoms with Crippen LogP contribution in [0.5, 0.6) is 17.2 Å². The van der Waals surface area contributed by atoms with Gasteiger partial charge in [0.15, 0.2) is 11.9 Å². The largest absolute Gasteiger partial charge is 0.490 e. The van der Waals surface area contributed by atoms with E-state index in [-0.39, 0.29) is 47.6 Å². The van der Waals surface area contributed by atoms with E-state index in [2.05, 4.69) is 36.4 Å². The first-order valence-electron chi connectivity index (χ1n) is 16.1. The molecule has 0 saturated carbocycles. The molecule has 1 heterocycles. The van der Waals surface area contributed by atoms with Gasteiger partial charge < -0.3 is 34.8 Å². The number of halogens is 3. The molecule has 4 aromatic carbocycles. The molecule has 0 fully saturated rings. The van der Waals surface area contributed by atoms with Gasteiger partial charge in [0.2, 0.25) is 0 Å². The average molecular weight is 694 g/mol. The fourth-order valence-electron chi connectivity index (χ4n) is 5.15. The fourth-order valence-corrected chi connectivity index (χ4v) is 5.15. The first kappa shape index (κ1) is 37.9. The van der Waals surface area contributed by atoms with Gasteiger partial charge in [-0.15, -0.1) is 0 Å². The minimum atomic E-state index is -4.53. The van der Waals surface area contributed by atoms with Crippen molar-refractivity contribution < 1.29 is 42.4 Å². The van der Waals surface area contributed by atoms with Crippen LogP contribution in [0.1, 0.15) is 47.0 Å². The molecule has 1 aliphatic heterocycles. The SMILES string of the molecule is CN(C)Cc1ccc(Oc2ccccc2)cc1.C[C@H]1COc2c(NC(=O)C(O)c3ccc(C(F)(F)F)cc3)cccc2C(=O)N([C@@H](C)CO)C1. The molecule has 5 rings (SSSR count). The molecule has 1 aliphatic rings. The first-order chi connectivity index (χ1) is 23.8. The average Bonchev–Trinajstić information content (AvgIpc) is 3.09. The molecule has 50 heavy (non-hydrogen) atoms. The van der Waals surface area contributed by atoms with E-state index in [1.807, 2.05) is 49.4 Å². The van der Waals surface area contributed by atoms with Gasteiger partial charge >= 0.3 is 6.18 Å². The second-order valence-corrected chi connectivity index (χ2v) is 12.4. The molecule has 12 heteroatoms. The number of hydrogen-bond acceptors (Lipinski definition) is 7. The number of fused-ring (bicyclic) bond motifs is 1. The van der Waals surface area contributed by atoms with E-state index in [1.165, 1.54) is 28.7 Å². The van der Waals surface area contributed by atoms with Gasteiger partial charge in [-0.05, 0) is 80.7 Å². The highest BCUT2D eigenvalue weighted by Gasteiger charge is 2.32. The van der Waals surface area contributed by atoms with E-state index in [1.54, 1.807) is 6.92 Å². The zero-order valence-electron chi connectivity index (χ0n) is 28.4. The van der Waals surface area contributed by atoms with Gasteiger partial charge in [0.1, 0.15) is 11.5 Å². The summed E-state index contributed by atoms with van der Waals surface area (Å²) in [7, 11) is 4.13. The summed E-state index contributed by atoms with van der Waals surface area (Å²) in [5.41, 5.74) is 0.695. The van der Waals surface area contributed by atoms with Crippen LogP contribution in [0, 0.1) is 5.92 Å². The van der Waals surface area contributed by atoms with E-state index in [4.69, 9.17) is 9.47 Å². The first-order valence-corrected chi connectivity index (χ1v) is 16.1. The number of carbonyl (C=O) groups excluding carboxylic acids is 2. The molecular formula is C38H42F3N3O6. The van der Waals surface area contributed by atoms with Crippen molar-refractivity contribution in [3.8, 4) is 17.2 Å². The van der Waals surface area contributed by atoms with Crippen LogP contribution < -0.4 is 14.8 Å². The maximum Gasteiger partial charge on any atom is 0.416 e. The van der Waals surface area contributed by atoms with Crippen LogP contribution in [0.2, 0.25) is 0 Å². The summed E-state index contributed by atoms with van der Waals surface area (Å²) in [6.07, 6.45) is -6.27. The predicted molar refractivity (Wildman–Crippen MR) is 184 cm³/mol. The third-order valence-corrected chi connectivity index (χ3v) is 7.78. The third-order valence-electron chi connectivity index (χ3n) is 7.78. The van der Waals surface area contributed by atoms with Gasteiger partial charge in [0.05, 0.1) is 36.1 Å². The van der Waals surface area contributed by atoms with Gasteiger partial charge in [0, 0.05) is 19.0 Å². The second kappa shape index (κ2) is 17.1. The maximum atomic E-state index is 13.1. The molecule has 0 spiro atoms. The van der Waals surface area contributed by atoms with Gasteiger partial charge in [-0.3, -0.25) is 9.59 Å². The van der Waals surface area contributed by atoms with Crippen molar-refractivity contribution >= 4 is 17.5 Å². The lowest BCUT2D eigenvalue weighted by Crippen LogP contribution is -2.45. The Morgan fingerprint density at radius 2 is 1.62 bits per heavy atom. The molecule has 4 aromatic rings. The monoisotopic (exact) mass is 693 g/mol. The Balaban J connectivity index is 0.000000276. The molecule has 266 valence electrons. The Kier molecular flexibility index (Phi) is 13.0. The highest BCUT2D eigenvalue weighted by Crippen LogP contribution is 2.34. The minimum absolute atomic E-state index is 0.0205. The molecule has 0 radical (unpaired) electrons. The number of nitrogens with zero attached hydrogens (tertiary/aromatic N) is 2. The molecular weight excluding hydrogens is 651 g/mol. The maximum absolute atomic E-state index is 13.1. The molecule has 0 aliphatic carbocycles. The van der Waals surface area contributed by atoms with E-state index in [0.29, 0.717) is 6.54 Å². The van der Waals surface area contributed by atoms with Crippen molar-refractivity contribution in [1.82, 2.24) is 9.80 Å². The fraction of sp³-hybridized carbons (Fsp3) is 0.316. The smallest absolute Gasteiger partial charge is 0.416 e. The molecule has 0 aromatic heterocycles. The summed E-state index contributed by atoms with van der Waals surface area (Å²) in [5, 5.41) is 22.4. The molecule has 0 saturated heterocycles. The van der Waals surface area contributed by atoms with Crippen molar-refractivity contribution in [2.45, 2.75) is 38.7 Å². The zero-order valence-corrected chi connectivity index (χ0v) is 28.4. The van der Waals surface area contributed by atoms with Crippen molar-refractivity contribution in [2.24, 2.45) is 5.92 Å². The molecule has 2 amide bonds. The molecule has 3 atom stereocenters. The highest BCUT2D eigenvalue weighted by molar-refractivity contribution is 6.02. The number of alkyl halides is 3. The number of ether oxygens (including phenoxy) is 2. The van der Waals surface area contributed by atoms with E-state index in [0.717, 1.165) is 42.3 Å². The Morgan fingerprint density at radius 1 is 0.980 bits per heavy atom. The number of nitrogens with one attached hydrogen (secondary N) is 1. The summed E-state index contributed by atoms with van der Waals surface area (Å²) < 4.78 is 49.8. The lowest BCUT2D eigenvalue weighted by atomic mass is 10.0. The minimum Gasteiger partial charge on any atom is -0.490 e. The Hall–Kier alpha value is -4.91.